The van der Waals surface area contributed by atoms with E-state index < -0.39 is 22.5 Å². The third-order valence-electron chi connectivity index (χ3n) is 3.03. The van der Waals surface area contributed by atoms with Crippen molar-refractivity contribution in [2.24, 2.45) is 0 Å². The Morgan fingerprint density at radius 2 is 1.87 bits per heavy atom. The van der Waals surface area contributed by atoms with Gasteiger partial charge in [0.25, 0.3) is 0 Å². The SMILES string of the molecule is Cc1ccc(S(=O)(=O)NCC(=O)OCc2cccc(Cl)c2)cc1. The molecule has 7 heteroatoms. The number of ether oxygens (including phenoxy) is 1. The molecule has 2 aromatic rings. The summed E-state index contributed by atoms with van der Waals surface area (Å²) in [4.78, 5) is 11.8. The van der Waals surface area contributed by atoms with Crippen molar-refractivity contribution in [3.63, 3.8) is 0 Å². The second-order valence-electron chi connectivity index (χ2n) is 4.93. The highest BCUT2D eigenvalue weighted by Gasteiger charge is 2.15. The number of aryl methyl sites for hydroxylation is 1. The summed E-state index contributed by atoms with van der Waals surface area (Å²) in [5.41, 5.74) is 1.68. The summed E-state index contributed by atoms with van der Waals surface area (Å²) in [5, 5.41) is 0.540. The number of benzene rings is 2. The normalized spacial score (nSPS) is 11.2. The molecule has 2 rings (SSSR count). The molecule has 0 heterocycles. The second kappa shape index (κ2) is 7.59. The first-order valence-corrected chi connectivity index (χ1v) is 8.69. The fraction of sp³-hybridized carbons (Fsp3) is 0.188. The van der Waals surface area contributed by atoms with Gasteiger partial charge in [-0.3, -0.25) is 4.79 Å². The maximum atomic E-state index is 12.0. The molecule has 0 aliphatic carbocycles. The number of hydrogen-bond donors (Lipinski definition) is 1. The molecule has 0 saturated heterocycles. The molecule has 0 aliphatic heterocycles. The minimum Gasteiger partial charge on any atom is -0.460 e. The van der Waals surface area contributed by atoms with E-state index in [1.54, 1.807) is 36.4 Å². The molecular weight excluding hydrogens is 338 g/mol. The zero-order valence-electron chi connectivity index (χ0n) is 12.5. The molecule has 0 spiro atoms. The number of hydrogen-bond acceptors (Lipinski definition) is 4. The van der Waals surface area contributed by atoms with Gasteiger partial charge in [0.05, 0.1) is 4.90 Å². The zero-order valence-corrected chi connectivity index (χ0v) is 14.0. The van der Waals surface area contributed by atoms with E-state index in [0.29, 0.717) is 5.02 Å². The van der Waals surface area contributed by atoms with E-state index in [-0.39, 0.29) is 11.5 Å². The molecule has 23 heavy (non-hydrogen) atoms. The van der Waals surface area contributed by atoms with Crippen LogP contribution in [0.4, 0.5) is 0 Å². The monoisotopic (exact) mass is 353 g/mol. The standard InChI is InChI=1S/C16H16ClNO4S/c1-12-5-7-15(8-6-12)23(20,21)18-10-16(19)22-11-13-3-2-4-14(17)9-13/h2-9,18H,10-11H2,1H3. The number of rotatable bonds is 6. The minimum absolute atomic E-state index is 0.0334. The van der Waals surface area contributed by atoms with Crippen LogP contribution in [0.2, 0.25) is 5.02 Å². The third kappa shape index (κ3) is 5.35. The van der Waals surface area contributed by atoms with Crippen LogP contribution >= 0.6 is 11.6 Å². The molecule has 2 aromatic carbocycles. The predicted octanol–water partition coefficient (Wildman–Crippen LogP) is 2.67. The van der Waals surface area contributed by atoms with Gasteiger partial charge < -0.3 is 4.74 Å². The minimum atomic E-state index is -3.73. The van der Waals surface area contributed by atoms with E-state index in [4.69, 9.17) is 16.3 Å². The molecule has 0 bridgehead atoms. The van der Waals surface area contributed by atoms with Crippen molar-refractivity contribution >= 4 is 27.6 Å². The van der Waals surface area contributed by atoms with E-state index in [2.05, 4.69) is 4.72 Å². The van der Waals surface area contributed by atoms with Crippen molar-refractivity contribution in [3.8, 4) is 0 Å². The van der Waals surface area contributed by atoms with Crippen molar-refractivity contribution in [2.75, 3.05) is 6.54 Å². The first kappa shape index (κ1) is 17.5. The average molecular weight is 354 g/mol. The molecule has 0 radical (unpaired) electrons. The Labute approximate surface area is 140 Å². The summed E-state index contributed by atoms with van der Waals surface area (Å²) in [5.74, 6) is -0.666. The fourth-order valence-corrected chi connectivity index (χ4v) is 2.98. The van der Waals surface area contributed by atoms with Crippen LogP contribution in [0.15, 0.2) is 53.4 Å². The number of carbonyl (C=O) groups is 1. The number of nitrogens with one attached hydrogen (secondary N) is 1. The van der Waals surface area contributed by atoms with Gasteiger partial charge in [0.15, 0.2) is 0 Å². The first-order valence-electron chi connectivity index (χ1n) is 6.83. The van der Waals surface area contributed by atoms with Gasteiger partial charge in [0.2, 0.25) is 10.0 Å². The summed E-state index contributed by atoms with van der Waals surface area (Å²) in [7, 11) is -3.73. The van der Waals surface area contributed by atoms with Crippen LogP contribution in [-0.2, 0) is 26.2 Å². The van der Waals surface area contributed by atoms with Crippen LogP contribution in [0.5, 0.6) is 0 Å². The van der Waals surface area contributed by atoms with Crippen molar-refractivity contribution in [2.45, 2.75) is 18.4 Å². The van der Waals surface area contributed by atoms with E-state index in [1.807, 2.05) is 6.92 Å². The van der Waals surface area contributed by atoms with Gasteiger partial charge >= 0.3 is 5.97 Å². The molecule has 5 nitrogen and oxygen atoms in total. The van der Waals surface area contributed by atoms with Crippen LogP contribution in [0.25, 0.3) is 0 Å². The first-order chi connectivity index (χ1) is 10.9. The Kier molecular flexibility index (Phi) is 5.76. The van der Waals surface area contributed by atoms with Gasteiger partial charge in [-0.05, 0) is 36.8 Å². The lowest BCUT2D eigenvalue weighted by Gasteiger charge is -2.08. The van der Waals surface area contributed by atoms with Gasteiger partial charge in [0, 0.05) is 5.02 Å². The highest BCUT2D eigenvalue weighted by Crippen LogP contribution is 2.12. The molecular formula is C16H16ClNO4S. The van der Waals surface area contributed by atoms with Gasteiger partial charge in [-0.1, -0.05) is 41.4 Å². The van der Waals surface area contributed by atoms with Crippen LogP contribution < -0.4 is 4.72 Å². The molecule has 1 N–H and O–H groups in total. The van der Waals surface area contributed by atoms with Crippen LogP contribution in [-0.4, -0.2) is 20.9 Å². The lowest BCUT2D eigenvalue weighted by molar-refractivity contribution is -0.143. The third-order valence-corrected chi connectivity index (χ3v) is 4.68. The molecule has 122 valence electrons. The summed E-state index contributed by atoms with van der Waals surface area (Å²) in [6, 6.07) is 13.2. The summed E-state index contributed by atoms with van der Waals surface area (Å²) in [6.07, 6.45) is 0. The smallest absolute Gasteiger partial charge is 0.321 e. The van der Waals surface area contributed by atoms with Crippen molar-refractivity contribution in [1.29, 1.82) is 0 Å². The van der Waals surface area contributed by atoms with E-state index in [9.17, 15) is 13.2 Å². The topological polar surface area (TPSA) is 72.5 Å². The van der Waals surface area contributed by atoms with Crippen molar-refractivity contribution < 1.29 is 17.9 Å². The maximum Gasteiger partial charge on any atom is 0.321 e. The van der Waals surface area contributed by atoms with E-state index in [0.717, 1.165) is 11.1 Å². The lowest BCUT2D eigenvalue weighted by atomic mass is 10.2. The largest absolute Gasteiger partial charge is 0.460 e. The van der Waals surface area contributed by atoms with Crippen molar-refractivity contribution in [1.82, 2.24) is 4.72 Å². The van der Waals surface area contributed by atoms with Gasteiger partial charge in [-0.15, -0.1) is 0 Å². The van der Waals surface area contributed by atoms with E-state index >= 15 is 0 Å². The summed E-state index contributed by atoms with van der Waals surface area (Å²) in [6.45, 7) is 1.46. The Morgan fingerprint density at radius 3 is 2.52 bits per heavy atom. The lowest BCUT2D eigenvalue weighted by Crippen LogP contribution is -2.30. The summed E-state index contributed by atoms with van der Waals surface area (Å²) >= 11 is 5.83. The Balaban J connectivity index is 1.87. The van der Waals surface area contributed by atoms with Crippen LogP contribution in [0.3, 0.4) is 0 Å². The fourth-order valence-electron chi connectivity index (χ4n) is 1.80. The Bertz CT molecular complexity index is 788. The number of esters is 1. The van der Waals surface area contributed by atoms with Gasteiger partial charge in [-0.25, -0.2) is 8.42 Å². The molecule has 0 aromatic heterocycles. The highest BCUT2D eigenvalue weighted by atomic mass is 35.5. The van der Waals surface area contributed by atoms with Gasteiger partial charge in [-0.2, -0.15) is 4.72 Å². The average Bonchev–Trinajstić information content (AvgIpc) is 2.51. The molecule has 0 saturated carbocycles. The molecule has 0 amide bonds. The zero-order chi connectivity index (χ0) is 16.9. The molecule has 0 atom stereocenters. The van der Waals surface area contributed by atoms with Crippen LogP contribution in [0.1, 0.15) is 11.1 Å². The Morgan fingerprint density at radius 1 is 1.17 bits per heavy atom. The molecule has 0 aliphatic rings. The van der Waals surface area contributed by atoms with Crippen molar-refractivity contribution in [3.05, 3.63) is 64.7 Å². The molecule has 0 unspecified atom stereocenters. The van der Waals surface area contributed by atoms with Gasteiger partial charge in [0.1, 0.15) is 13.2 Å². The predicted molar refractivity (Wildman–Crippen MR) is 87.6 cm³/mol. The number of halogens is 1. The Hall–Kier alpha value is -1.89. The summed E-state index contributed by atoms with van der Waals surface area (Å²) < 4.78 is 31.3. The number of carbonyl (C=O) groups excluding carboxylic acids is 1. The highest BCUT2D eigenvalue weighted by molar-refractivity contribution is 7.89. The maximum absolute atomic E-state index is 12.0. The van der Waals surface area contributed by atoms with E-state index in [1.165, 1.54) is 12.1 Å². The second-order valence-corrected chi connectivity index (χ2v) is 7.13. The van der Waals surface area contributed by atoms with Crippen LogP contribution in [0, 0.1) is 6.92 Å². The quantitative estimate of drug-likeness (QED) is 0.810. The number of sulfonamides is 1. The molecule has 0 fully saturated rings.